The average Bonchev–Trinajstić information content (AvgIpc) is 3.40. The van der Waals surface area contributed by atoms with Crippen molar-refractivity contribution in [2.24, 2.45) is 0 Å². The Hall–Kier alpha value is -4.10. The van der Waals surface area contributed by atoms with Crippen LogP contribution in [0.1, 0.15) is 28.7 Å². The molecule has 1 atom stereocenters. The molecule has 5 rings (SSSR count). The largest absolute Gasteiger partial charge is 0.445 e. The molecule has 0 radical (unpaired) electrons. The van der Waals surface area contributed by atoms with E-state index in [0.717, 1.165) is 40.5 Å². The van der Waals surface area contributed by atoms with Crippen molar-refractivity contribution in [3.05, 3.63) is 110 Å². The van der Waals surface area contributed by atoms with Crippen LogP contribution in [0.5, 0.6) is 5.75 Å². The summed E-state index contributed by atoms with van der Waals surface area (Å²) in [6, 6.07) is 20.1. The second-order valence-electron chi connectivity index (χ2n) is 8.87. The molecule has 0 saturated heterocycles. The minimum Gasteiger partial charge on any atom is -0.445 e. The van der Waals surface area contributed by atoms with Crippen LogP contribution < -0.4 is 15.7 Å². The molecule has 0 spiro atoms. The standard InChI is InChI=1S/C29H24ClNO6/c30-20-11-9-18(10-12-20)15-25(31-29(34)35-17-19-5-2-1-3-6-19)28(33)36-21-13-14-23-22-7-4-8-24(22)27(32)37-26(23)16-21/h1-3,5-6,9-14,16,25H,4,7-8,15,17H2,(H,31,34)/t25-/m0/s1. The number of fused-ring (bicyclic) bond motifs is 3. The second-order valence-corrected chi connectivity index (χ2v) is 9.30. The SMILES string of the molecule is O=C(N[C@@H](Cc1ccc(Cl)cc1)C(=O)Oc1ccc2c3c(c(=O)oc2c1)CCC3)OCc1ccccc1. The van der Waals surface area contributed by atoms with Crippen LogP contribution in [-0.4, -0.2) is 18.1 Å². The first-order valence-electron chi connectivity index (χ1n) is 12.0. The van der Waals surface area contributed by atoms with Crippen molar-refractivity contribution in [1.29, 1.82) is 0 Å². The third-order valence-electron chi connectivity index (χ3n) is 6.31. The number of nitrogens with one attached hydrogen (secondary N) is 1. The number of halogens is 1. The number of carbonyl (C=O) groups excluding carboxylic acids is 2. The van der Waals surface area contributed by atoms with E-state index >= 15 is 0 Å². The van der Waals surface area contributed by atoms with Crippen LogP contribution in [-0.2, 0) is 35.4 Å². The molecule has 188 valence electrons. The van der Waals surface area contributed by atoms with E-state index in [9.17, 15) is 14.4 Å². The van der Waals surface area contributed by atoms with Crippen LogP contribution in [0.15, 0.2) is 82.0 Å². The van der Waals surface area contributed by atoms with Gasteiger partial charge in [0.2, 0.25) is 0 Å². The zero-order valence-corrected chi connectivity index (χ0v) is 20.6. The fourth-order valence-electron chi connectivity index (χ4n) is 4.47. The Morgan fingerprint density at radius 3 is 2.49 bits per heavy atom. The van der Waals surface area contributed by atoms with Crippen molar-refractivity contribution in [2.45, 2.75) is 38.3 Å². The summed E-state index contributed by atoms with van der Waals surface area (Å²) >= 11 is 5.98. The van der Waals surface area contributed by atoms with Crippen molar-refractivity contribution >= 4 is 34.6 Å². The summed E-state index contributed by atoms with van der Waals surface area (Å²) in [7, 11) is 0. The average molecular weight is 518 g/mol. The molecule has 1 aliphatic carbocycles. The number of amides is 1. The van der Waals surface area contributed by atoms with E-state index in [4.69, 9.17) is 25.5 Å². The zero-order valence-electron chi connectivity index (χ0n) is 19.9. The molecule has 1 aliphatic rings. The van der Waals surface area contributed by atoms with Gasteiger partial charge in [-0.25, -0.2) is 14.4 Å². The molecule has 7 nitrogen and oxygen atoms in total. The quantitative estimate of drug-likeness (QED) is 0.201. The number of ether oxygens (including phenoxy) is 2. The lowest BCUT2D eigenvalue weighted by atomic mass is 10.1. The summed E-state index contributed by atoms with van der Waals surface area (Å²) in [6.07, 6.45) is 1.85. The van der Waals surface area contributed by atoms with Crippen molar-refractivity contribution in [2.75, 3.05) is 0 Å². The van der Waals surface area contributed by atoms with Crippen LogP contribution in [0.4, 0.5) is 4.79 Å². The minimum atomic E-state index is -1.04. The van der Waals surface area contributed by atoms with Crippen molar-refractivity contribution in [3.63, 3.8) is 0 Å². The molecule has 1 amide bonds. The first-order valence-corrected chi connectivity index (χ1v) is 12.4. The lowest BCUT2D eigenvalue weighted by molar-refractivity contribution is -0.136. The fraction of sp³-hybridized carbons (Fsp3) is 0.207. The first kappa shape index (κ1) is 24.6. The van der Waals surface area contributed by atoms with E-state index in [1.165, 1.54) is 6.07 Å². The molecular formula is C29H24ClNO6. The predicted octanol–water partition coefficient (Wildman–Crippen LogP) is 5.38. The van der Waals surface area contributed by atoms with Gasteiger partial charge in [-0.1, -0.05) is 54.1 Å². The summed E-state index contributed by atoms with van der Waals surface area (Å²) in [5.41, 5.74) is 3.31. The summed E-state index contributed by atoms with van der Waals surface area (Å²) in [5.74, 6) is -0.478. The maximum absolute atomic E-state index is 13.2. The number of aryl methyl sites for hydroxylation is 1. The van der Waals surface area contributed by atoms with Crippen molar-refractivity contribution in [3.8, 4) is 5.75 Å². The molecule has 0 unspecified atom stereocenters. The Morgan fingerprint density at radius 2 is 1.70 bits per heavy atom. The number of hydrogen-bond acceptors (Lipinski definition) is 6. The molecule has 1 heterocycles. The highest BCUT2D eigenvalue weighted by Gasteiger charge is 2.25. The molecule has 1 N–H and O–H groups in total. The van der Waals surface area contributed by atoms with Crippen LogP contribution in [0, 0.1) is 0 Å². The highest BCUT2D eigenvalue weighted by Crippen LogP contribution is 2.29. The Kier molecular flexibility index (Phi) is 7.23. The van der Waals surface area contributed by atoms with Crippen LogP contribution in [0.25, 0.3) is 11.0 Å². The van der Waals surface area contributed by atoms with Gasteiger partial charge in [-0.2, -0.15) is 0 Å². The van der Waals surface area contributed by atoms with E-state index in [0.29, 0.717) is 17.0 Å². The molecule has 8 heteroatoms. The lowest BCUT2D eigenvalue weighted by Gasteiger charge is -2.18. The van der Waals surface area contributed by atoms with E-state index in [1.807, 2.05) is 30.3 Å². The Bertz CT molecular complexity index is 1500. The normalized spacial score (nSPS) is 13.1. The van der Waals surface area contributed by atoms with Gasteiger partial charge in [0.05, 0.1) is 0 Å². The molecule has 37 heavy (non-hydrogen) atoms. The Morgan fingerprint density at radius 1 is 0.946 bits per heavy atom. The summed E-state index contributed by atoms with van der Waals surface area (Å²) in [5, 5.41) is 4.01. The maximum atomic E-state index is 13.2. The summed E-state index contributed by atoms with van der Waals surface area (Å²) < 4.78 is 16.4. The monoisotopic (exact) mass is 517 g/mol. The molecular weight excluding hydrogens is 494 g/mol. The molecule has 0 aliphatic heterocycles. The predicted molar refractivity (Wildman–Crippen MR) is 139 cm³/mol. The van der Waals surface area contributed by atoms with Crippen LogP contribution >= 0.6 is 11.6 Å². The Balaban J connectivity index is 1.33. The van der Waals surface area contributed by atoms with E-state index in [2.05, 4.69) is 5.32 Å². The number of carbonyl (C=O) groups is 2. The molecule has 0 bridgehead atoms. The highest BCUT2D eigenvalue weighted by molar-refractivity contribution is 6.30. The van der Waals surface area contributed by atoms with E-state index in [1.54, 1.807) is 36.4 Å². The van der Waals surface area contributed by atoms with Gasteiger partial charge in [-0.3, -0.25) is 0 Å². The first-order chi connectivity index (χ1) is 18.0. The third kappa shape index (κ3) is 5.84. The van der Waals surface area contributed by atoms with Gasteiger partial charge in [0.25, 0.3) is 0 Å². The van der Waals surface area contributed by atoms with Crippen molar-refractivity contribution in [1.82, 2.24) is 5.32 Å². The van der Waals surface area contributed by atoms with Gasteiger partial charge < -0.3 is 19.2 Å². The van der Waals surface area contributed by atoms with Gasteiger partial charge in [-0.05, 0) is 60.2 Å². The molecule has 1 aromatic heterocycles. The van der Waals surface area contributed by atoms with Crippen molar-refractivity contribution < 1.29 is 23.5 Å². The molecule has 0 saturated carbocycles. The van der Waals surface area contributed by atoms with E-state index in [-0.39, 0.29) is 24.4 Å². The fourth-order valence-corrected chi connectivity index (χ4v) is 4.60. The van der Waals surface area contributed by atoms with Gasteiger partial charge in [0.1, 0.15) is 24.0 Å². The number of rotatable bonds is 7. The van der Waals surface area contributed by atoms with Gasteiger partial charge in [-0.15, -0.1) is 0 Å². The van der Waals surface area contributed by atoms with Gasteiger partial charge in [0.15, 0.2) is 0 Å². The van der Waals surface area contributed by atoms with Crippen LogP contribution in [0.2, 0.25) is 5.02 Å². The van der Waals surface area contributed by atoms with E-state index < -0.39 is 18.1 Å². The highest BCUT2D eigenvalue weighted by atomic mass is 35.5. The van der Waals surface area contributed by atoms with Crippen LogP contribution in [0.3, 0.4) is 0 Å². The second kappa shape index (κ2) is 10.9. The molecule has 0 fully saturated rings. The van der Waals surface area contributed by atoms with Gasteiger partial charge in [0, 0.05) is 28.5 Å². The third-order valence-corrected chi connectivity index (χ3v) is 6.56. The van der Waals surface area contributed by atoms with Gasteiger partial charge >= 0.3 is 17.7 Å². The topological polar surface area (TPSA) is 94.8 Å². The molecule has 4 aromatic rings. The number of alkyl carbamates (subject to hydrolysis) is 1. The summed E-state index contributed by atoms with van der Waals surface area (Å²) in [6.45, 7) is 0.0589. The number of benzene rings is 3. The minimum absolute atomic E-state index is 0.0589. The number of hydrogen-bond donors (Lipinski definition) is 1. The number of esters is 1. The Labute approximate surface area is 218 Å². The summed E-state index contributed by atoms with van der Waals surface area (Å²) in [4.78, 5) is 38.0. The molecule has 3 aromatic carbocycles. The maximum Gasteiger partial charge on any atom is 0.408 e. The zero-order chi connectivity index (χ0) is 25.8. The lowest BCUT2D eigenvalue weighted by Crippen LogP contribution is -2.44. The smallest absolute Gasteiger partial charge is 0.408 e.